The molecule has 4 aromatic rings. The van der Waals surface area contributed by atoms with Crippen LogP contribution in [0.2, 0.25) is 0 Å². The molecule has 1 N–H and O–H groups in total. The summed E-state index contributed by atoms with van der Waals surface area (Å²) in [7, 11) is 0. The molecule has 0 aliphatic carbocycles. The summed E-state index contributed by atoms with van der Waals surface area (Å²) in [4.78, 5) is 25.4. The van der Waals surface area contributed by atoms with Crippen molar-refractivity contribution >= 4 is 22.9 Å². The van der Waals surface area contributed by atoms with Crippen LogP contribution in [-0.2, 0) is 0 Å². The summed E-state index contributed by atoms with van der Waals surface area (Å²) in [6, 6.07) is 8.60. The predicted octanol–water partition coefficient (Wildman–Crippen LogP) is 4.56. The van der Waals surface area contributed by atoms with Gasteiger partial charge >= 0.3 is 0 Å². The molecule has 4 rings (SSSR count). The molecule has 134 valence electrons. The number of nitrogens with zero attached hydrogens (tertiary/aromatic N) is 3. The van der Waals surface area contributed by atoms with E-state index in [1.165, 1.54) is 29.9 Å². The Kier molecular flexibility index (Phi) is 4.47. The van der Waals surface area contributed by atoms with Crippen LogP contribution in [0.3, 0.4) is 0 Å². The van der Waals surface area contributed by atoms with Gasteiger partial charge in [-0.05, 0) is 30.7 Å². The summed E-state index contributed by atoms with van der Waals surface area (Å²) in [5, 5.41) is 3.38. The molecular weight excluding hydrogens is 367 g/mol. The van der Waals surface area contributed by atoms with Gasteiger partial charge in [-0.2, -0.15) is 0 Å². The summed E-state index contributed by atoms with van der Waals surface area (Å²) in [5.74, 6) is -0.702. The first-order valence-electron chi connectivity index (χ1n) is 8.00. The Labute approximate surface area is 157 Å². The van der Waals surface area contributed by atoms with Gasteiger partial charge in [0.1, 0.15) is 6.26 Å². The van der Waals surface area contributed by atoms with E-state index in [4.69, 9.17) is 4.42 Å². The molecule has 0 spiro atoms. The van der Waals surface area contributed by atoms with Gasteiger partial charge in [0.05, 0.1) is 28.5 Å². The van der Waals surface area contributed by atoms with Crippen LogP contribution < -0.4 is 5.32 Å². The van der Waals surface area contributed by atoms with Crippen LogP contribution in [0.5, 0.6) is 0 Å². The van der Waals surface area contributed by atoms with Gasteiger partial charge < -0.3 is 9.73 Å². The topological polar surface area (TPSA) is 80.9 Å². The SMILES string of the molecule is Cc1nc(-c2ncco2)sc1-c1ccc(NC(=O)c2ccncc2F)cc1. The van der Waals surface area contributed by atoms with E-state index >= 15 is 0 Å². The molecule has 0 bridgehead atoms. The minimum atomic E-state index is -0.661. The molecule has 6 nitrogen and oxygen atoms in total. The minimum absolute atomic E-state index is 0.0528. The zero-order chi connectivity index (χ0) is 18.8. The lowest BCUT2D eigenvalue weighted by atomic mass is 10.1. The molecule has 0 aliphatic heterocycles. The van der Waals surface area contributed by atoms with E-state index in [-0.39, 0.29) is 5.56 Å². The van der Waals surface area contributed by atoms with Crippen LogP contribution in [0.25, 0.3) is 21.3 Å². The number of thiazole rings is 1. The van der Waals surface area contributed by atoms with E-state index in [1.807, 2.05) is 19.1 Å². The molecule has 27 heavy (non-hydrogen) atoms. The zero-order valence-corrected chi connectivity index (χ0v) is 15.0. The molecule has 3 heterocycles. The Morgan fingerprint density at radius 3 is 2.70 bits per heavy atom. The smallest absolute Gasteiger partial charge is 0.258 e. The fourth-order valence-corrected chi connectivity index (χ4v) is 3.56. The van der Waals surface area contributed by atoms with E-state index in [0.717, 1.165) is 22.3 Å². The molecule has 0 aliphatic rings. The molecule has 0 radical (unpaired) electrons. The Bertz CT molecular complexity index is 1090. The molecular formula is C19H13FN4O2S. The average molecular weight is 380 g/mol. The summed E-state index contributed by atoms with van der Waals surface area (Å²) < 4.78 is 18.9. The number of aryl methyl sites for hydroxylation is 1. The summed E-state index contributed by atoms with van der Waals surface area (Å²) in [5.41, 5.74) is 2.33. The lowest BCUT2D eigenvalue weighted by Gasteiger charge is -2.07. The van der Waals surface area contributed by atoms with Crippen molar-refractivity contribution in [2.45, 2.75) is 6.92 Å². The maximum atomic E-state index is 13.6. The fraction of sp³-hybridized carbons (Fsp3) is 0.0526. The largest absolute Gasteiger partial charge is 0.443 e. The van der Waals surface area contributed by atoms with Gasteiger partial charge in [0, 0.05) is 11.9 Å². The van der Waals surface area contributed by atoms with Crippen molar-refractivity contribution in [1.29, 1.82) is 0 Å². The number of nitrogens with one attached hydrogen (secondary N) is 1. The Morgan fingerprint density at radius 2 is 2.00 bits per heavy atom. The third-order valence-electron chi connectivity index (χ3n) is 3.83. The molecule has 0 fully saturated rings. The van der Waals surface area contributed by atoms with E-state index < -0.39 is 11.7 Å². The molecule has 0 atom stereocenters. The van der Waals surface area contributed by atoms with Crippen molar-refractivity contribution in [3.8, 4) is 21.3 Å². The number of carbonyl (C=O) groups is 1. The van der Waals surface area contributed by atoms with Crippen molar-refractivity contribution in [2.24, 2.45) is 0 Å². The van der Waals surface area contributed by atoms with Crippen molar-refractivity contribution in [3.63, 3.8) is 0 Å². The highest BCUT2D eigenvalue weighted by atomic mass is 32.1. The number of rotatable bonds is 4. The fourth-order valence-electron chi connectivity index (χ4n) is 2.55. The maximum Gasteiger partial charge on any atom is 0.258 e. The second-order valence-corrected chi connectivity index (χ2v) is 6.66. The lowest BCUT2D eigenvalue weighted by Crippen LogP contribution is -2.13. The standard InChI is InChI=1S/C19H13FN4O2S/c1-11-16(27-19(23-11)18-22-8-9-26-18)12-2-4-13(5-3-12)24-17(25)14-6-7-21-10-15(14)20/h2-10H,1H3,(H,24,25). The maximum absolute atomic E-state index is 13.6. The number of carbonyl (C=O) groups excluding carboxylic acids is 1. The van der Waals surface area contributed by atoms with Gasteiger partial charge in [-0.25, -0.2) is 14.4 Å². The number of pyridine rings is 1. The lowest BCUT2D eigenvalue weighted by molar-refractivity contribution is 0.102. The molecule has 3 aromatic heterocycles. The number of benzene rings is 1. The molecule has 0 saturated carbocycles. The highest BCUT2D eigenvalue weighted by Crippen LogP contribution is 2.35. The van der Waals surface area contributed by atoms with E-state index in [9.17, 15) is 9.18 Å². The van der Waals surface area contributed by atoms with Gasteiger partial charge in [-0.15, -0.1) is 11.3 Å². The Hall–Kier alpha value is -3.39. The Morgan fingerprint density at radius 1 is 1.19 bits per heavy atom. The van der Waals surface area contributed by atoms with Crippen LogP contribution >= 0.6 is 11.3 Å². The number of hydrogen-bond donors (Lipinski definition) is 1. The summed E-state index contributed by atoms with van der Waals surface area (Å²) in [6.07, 6.45) is 5.47. The van der Waals surface area contributed by atoms with Crippen LogP contribution in [-0.4, -0.2) is 20.9 Å². The van der Waals surface area contributed by atoms with Crippen LogP contribution in [0.1, 0.15) is 16.1 Å². The third kappa shape index (κ3) is 3.47. The molecule has 1 aromatic carbocycles. The summed E-state index contributed by atoms with van der Waals surface area (Å²) in [6.45, 7) is 1.92. The first-order valence-corrected chi connectivity index (χ1v) is 8.82. The number of amides is 1. The van der Waals surface area contributed by atoms with Gasteiger partial charge in [0.2, 0.25) is 0 Å². The number of anilines is 1. The van der Waals surface area contributed by atoms with Crippen molar-refractivity contribution in [1.82, 2.24) is 15.0 Å². The van der Waals surface area contributed by atoms with Crippen LogP contribution in [0.4, 0.5) is 10.1 Å². The quantitative estimate of drug-likeness (QED) is 0.561. The number of oxazole rings is 1. The van der Waals surface area contributed by atoms with E-state index in [1.54, 1.807) is 18.3 Å². The van der Waals surface area contributed by atoms with Gasteiger partial charge in [-0.1, -0.05) is 12.1 Å². The predicted molar refractivity (Wildman–Crippen MR) is 99.9 cm³/mol. The number of aromatic nitrogens is 3. The first-order chi connectivity index (χ1) is 13.1. The second kappa shape index (κ2) is 7.08. The van der Waals surface area contributed by atoms with Gasteiger partial charge in [0.25, 0.3) is 11.8 Å². The summed E-state index contributed by atoms with van der Waals surface area (Å²) >= 11 is 1.48. The van der Waals surface area contributed by atoms with Gasteiger partial charge in [0.15, 0.2) is 10.8 Å². The average Bonchev–Trinajstić information content (AvgIpc) is 3.32. The molecule has 1 amide bonds. The highest BCUT2D eigenvalue weighted by molar-refractivity contribution is 7.18. The molecule has 0 saturated heterocycles. The normalized spacial score (nSPS) is 10.7. The monoisotopic (exact) mass is 380 g/mol. The second-order valence-electron chi connectivity index (χ2n) is 5.66. The van der Waals surface area contributed by atoms with Crippen LogP contribution in [0.15, 0.2) is 59.6 Å². The van der Waals surface area contributed by atoms with Crippen molar-refractivity contribution in [2.75, 3.05) is 5.32 Å². The highest BCUT2D eigenvalue weighted by Gasteiger charge is 2.15. The van der Waals surface area contributed by atoms with Gasteiger partial charge in [-0.3, -0.25) is 9.78 Å². The zero-order valence-electron chi connectivity index (χ0n) is 14.1. The van der Waals surface area contributed by atoms with E-state index in [2.05, 4.69) is 20.3 Å². The van der Waals surface area contributed by atoms with Crippen molar-refractivity contribution in [3.05, 3.63) is 72.3 Å². The first kappa shape index (κ1) is 17.0. The van der Waals surface area contributed by atoms with E-state index in [0.29, 0.717) is 16.6 Å². The number of halogens is 1. The Balaban J connectivity index is 1.55. The number of hydrogen-bond acceptors (Lipinski definition) is 6. The molecule has 8 heteroatoms. The van der Waals surface area contributed by atoms with Crippen molar-refractivity contribution < 1.29 is 13.6 Å². The third-order valence-corrected chi connectivity index (χ3v) is 5.03. The minimum Gasteiger partial charge on any atom is -0.443 e. The molecule has 0 unspecified atom stereocenters. The van der Waals surface area contributed by atoms with Crippen LogP contribution in [0, 0.1) is 12.7 Å².